The predicted molar refractivity (Wildman–Crippen MR) is 132 cm³/mol. The predicted octanol–water partition coefficient (Wildman–Crippen LogP) is 3.45. The average molecular weight is 483 g/mol. The van der Waals surface area contributed by atoms with Crippen LogP contribution >= 0.6 is 0 Å². The summed E-state index contributed by atoms with van der Waals surface area (Å²) in [5, 5.41) is 2.78. The van der Waals surface area contributed by atoms with Crippen molar-refractivity contribution >= 4 is 38.9 Å². The van der Waals surface area contributed by atoms with E-state index < -0.39 is 10.0 Å². The minimum absolute atomic E-state index is 0.113. The van der Waals surface area contributed by atoms with Crippen molar-refractivity contribution in [3.8, 4) is 0 Å². The van der Waals surface area contributed by atoms with Crippen LogP contribution in [0, 0.1) is 0 Å². The van der Waals surface area contributed by atoms with Gasteiger partial charge in [-0.25, -0.2) is 8.42 Å². The molecule has 0 atom stereocenters. The Labute approximate surface area is 200 Å². The van der Waals surface area contributed by atoms with Crippen molar-refractivity contribution in [3.05, 3.63) is 48.0 Å². The molecule has 2 fully saturated rings. The summed E-state index contributed by atoms with van der Waals surface area (Å²) in [5.41, 5.74) is 2.10. The van der Waals surface area contributed by atoms with Crippen molar-refractivity contribution in [1.82, 2.24) is 4.31 Å². The number of piperidine rings is 2. The van der Waals surface area contributed by atoms with E-state index >= 15 is 0 Å². The molecule has 5 rings (SSSR count). The Bertz CT molecular complexity index is 1200. The number of nitrogens with one attached hydrogen (secondary N) is 1. The molecule has 0 radical (unpaired) electrons. The van der Waals surface area contributed by atoms with Crippen LogP contribution in [0.25, 0.3) is 0 Å². The van der Waals surface area contributed by atoms with Gasteiger partial charge >= 0.3 is 0 Å². The number of sulfonamides is 1. The molecule has 2 saturated heterocycles. The van der Waals surface area contributed by atoms with Crippen molar-refractivity contribution < 1.29 is 18.0 Å². The Morgan fingerprint density at radius 3 is 2.24 bits per heavy atom. The summed E-state index contributed by atoms with van der Waals surface area (Å²) < 4.78 is 29.1. The van der Waals surface area contributed by atoms with Gasteiger partial charge in [-0.05, 0) is 62.4 Å². The maximum Gasteiger partial charge on any atom is 0.258 e. The molecular weight excluding hydrogens is 452 g/mol. The molecule has 2 amide bonds. The number of nitrogens with zero attached hydrogens (tertiary/aromatic N) is 3. The van der Waals surface area contributed by atoms with E-state index in [4.69, 9.17) is 0 Å². The number of para-hydroxylation sites is 2. The molecule has 3 aliphatic rings. The van der Waals surface area contributed by atoms with Gasteiger partial charge in [-0.3, -0.25) is 14.5 Å². The van der Waals surface area contributed by atoms with E-state index in [2.05, 4.69) is 10.2 Å². The van der Waals surface area contributed by atoms with E-state index in [9.17, 15) is 18.0 Å². The fraction of sp³-hybridized carbons (Fsp3) is 0.440. The zero-order chi connectivity index (χ0) is 23.7. The first kappa shape index (κ1) is 22.9. The minimum atomic E-state index is -3.76. The van der Waals surface area contributed by atoms with E-state index in [-0.39, 0.29) is 28.8 Å². The molecule has 0 saturated carbocycles. The highest BCUT2D eigenvalue weighted by Gasteiger charge is 2.33. The lowest BCUT2D eigenvalue weighted by atomic mass is 10.1. The monoisotopic (exact) mass is 482 g/mol. The van der Waals surface area contributed by atoms with Crippen LogP contribution in [-0.2, 0) is 14.8 Å². The van der Waals surface area contributed by atoms with E-state index in [0.29, 0.717) is 30.2 Å². The molecule has 0 unspecified atom stereocenters. The van der Waals surface area contributed by atoms with Crippen molar-refractivity contribution in [1.29, 1.82) is 0 Å². The highest BCUT2D eigenvalue weighted by Crippen LogP contribution is 2.34. The Morgan fingerprint density at radius 1 is 0.824 bits per heavy atom. The van der Waals surface area contributed by atoms with Gasteiger partial charge in [-0.2, -0.15) is 4.31 Å². The number of amides is 2. The molecule has 0 aromatic heterocycles. The molecule has 3 aliphatic heterocycles. The van der Waals surface area contributed by atoms with Gasteiger partial charge in [-0.15, -0.1) is 0 Å². The molecule has 0 spiro atoms. The molecule has 0 aliphatic carbocycles. The Hall–Kier alpha value is -2.91. The lowest BCUT2D eigenvalue weighted by Gasteiger charge is -2.33. The largest absolute Gasteiger partial charge is 0.370 e. The second kappa shape index (κ2) is 9.38. The molecule has 180 valence electrons. The number of rotatable bonds is 4. The van der Waals surface area contributed by atoms with Crippen LogP contribution < -0.4 is 15.1 Å². The van der Waals surface area contributed by atoms with Gasteiger partial charge in [0.1, 0.15) is 11.4 Å². The summed E-state index contributed by atoms with van der Waals surface area (Å²) in [4.78, 5) is 29.6. The smallest absolute Gasteiger partial charge is 0.258 e. The van der Waals surface area contributed by atoms with E-state index in [1.54, 1.807) is 34.6 Å². The SMILES string of the molecule is O=C1CN(C(=O)c2ccc(N3CCCCC3)c(S(=O)(=O)N3CCCCC3)c2)c2ccccc2N1. The van der Waals surface area contributed by atoms with Crippen molar-refractivity contribution in [2.24, 2.45) is 0 Å². The maximum atomic E-state index is 13.8. The van der Waals surface area contributed by atoms with E-state index in [1.165, 1.54) is 11.0 Å². The van der Waals surface area contributed by atoms with Gasteiger partial charge in [0.2, 0.25) is 15.9 Å². The van der Waals surface area contributed by atoms with Crippen molar-refractivity contribution in [2.75, 3.05) is 47.8 Å². The van der Waals surface area contributed by atoms with Gasteiger partial charge < -0.3 is 10.2 Å². The highest BCUT2D eigenvalue weighted by atomic mass is 32.2. The van der Waals surface area contributed by atoms with Crippen molar-refractivity contribution in [2.45, 2.75) is 43.4 Å². The first-order valence-corrected chi connectivity index (χ1v) is 13.5. The van der Waals surface area contributed by atoms with Crippen LogP contribution in [-0.4, -0.2) is 57.3 Å². The van der Waals surface area contributed by atoms with Gasteiger partial charge in [0, 0.05) is 31.7 Å². The van der Waals surface area contributed by atoms with Crippen LogP contribution in [0.15, 0.2) is 47.4 Å². The number of anilines is 3. The number of hydrogen-bond acceptors (Lipinski definition) is 5. The summed E-state index contributed by atoms with van der Waals surface area (Å²) >= 11 is 0. The number of carbonyl (C=O) groups excluding carboxylic acids is 2. The third-order valence-electron chi connectivity index (χ3n) is 6.85. The molecule has 3 heterocycles. The van der Waals surface area contributed by atoms with Gasteiger partial charge in [0.05, 0.1) is 17.1 Å². The van der Waals surface area contributed by atoms with Crippen LogP contribution in [0.3, 0.4) is 0 Å². The third kappa shape index (κ3) is 4.30. The third-order valence-corrected chi connectivity index (χ3v) is 8.78. The quantitative estimate of drug-likeness (QED) is 0.721. The topological polar surface area (TPSA) is 90.0 Å². The second-order valence-corrected chi connectivity index (χ2v) is 11.1. The van der Waals surface area contributed by atoms with Crippen LogP contribution in [0.2, 0.25) is 0 Å². The number of hydrogen-bond donors (Lipinski definition) is 1. The molecule has 8 nitrogen and oxygen atoms in total. The summed E-state index contributed by atoms with van der Waals surface area (Å²) in [6.07, 6.45) is 5.89. The highest BCUT2D eigenvalue weighted by molar-refractivity contribution is 7.89. The lowest BCUT2D eigenvalue weighted by Crippen LogP contribution is -2.42. The van der Waals surface area contributed by atoms with Crippen molar-refractivity contribution in [3.63, 3.8) is 0 Å². The summed E-state index contributed by atoms with van der Waals surface area (Å²) in [6.45, 7) is 2.49. The fourth-order valence-corrected chi connectivity index (χ4v) is 6.82. The molecular formula is C25H30N4O4S. The summed E-state index contributed by atoms with van der Waals surface area (Å²) in [6, 6.07) is 12.1. The first-order valence-electron chi connectivity index (χ1n) is 12.0. The fourth-order valence-electron chi connectivity index (χ4n) is 5.06. The Balaban J connectivity index is 1.56. The van der Waals surface area contributed by atoms with Gasteiger partial charge in [0.25, 0.3) is 5.91 Å². The van der Waals surface area contributed by atoms with Crippen LogP contribution in [0.4, 0.5) is 17.1 Å². The molecule has 2 aromatic rings. The zero-order valence-electron chi connectivity index (χ0n) is 19.2. The second-order valence-electron chi connectivity index (χ2n) is 9.15. The first-order chi connectivity index (χ1) is 16.4. The molecule has 1 N–H and O–H groups in total. The lowest BCUT2D eigenvalue weighted by molar-refractivity contribution is -0.115. The van der Waals surface area contributed by atoms with E-state index in [0.717, 1.165) is 51.6 Å². The average Bonchev–Trinajstić information content (AvgIpc) is 2.88. The van der Waals surface area contributed by atoms with Gasteiger partial charge in [0.15, 0.2) is 0 Å². The normalized spacial score (nSPS) is 19.5. The summed E-state index contributed by atoms with van der Waals surface area (Å²) in [7, 11) is -3.76. The number of carbonyl (C=O) groups is 2. The Kier molecular flexibility index (Phi) is 6.31. The standard InChI is InChI=1S/C25H30N4O4S/c30-24-18-29(21-10-4-3-9-20(21)26-24)25(31)19-11-12-22(27-13-5-1-6-14-27)23(17-19)34(32,33)28-15-7-2-8-16-28/h3-4,9-12,17H,1-2,5-8,13-16,18H2,(H,26,30). The number of benzene rings is 2. The molecule has 2 aromatic carbocycles. The van der Waals surface area contributed by atoms with Gasteiger partial charge in [-0.1, -0.05) is 18.6 Å². The maximum absolute atomic E-state index is 13.8. The molecule has 34 heavy (non-hydrogen) atoms. The molecule has 9 heteroatoms. The molecule has 0 bridgehead atoms. The van der Waals surface area contributed by atoms with Crippen LogP contribution in [0.1, 0.15) is 48.9 Å². The van der Waals surface area contributed by atoms with E-state index in [1.807, 2.05) is 6.07 Å². The Morgan fingerprint density at radius 2 is 1.50 bits per heavy atom. The zero-order valence-corrected chi connectivity index (χ0v) is 20.0. The number of fused-ring (bicyclic) bond motifs is 1. The van der Waals surface area contributed by atoms with Crippen LogP contribution in [0.5, 0.6) is 0 Å². The summed E-state index contributed by atoms with van der Waals surface area (Å²) in [5.74, 6) is -0.666. The minimum Gasteiger partial charge on any atom is -0.370 e.